The van der Waals surface area contributed by atoms with Gasteiger partial charge in [0.2, 0.25) is 11.8 Å². The van der Waals surface area contributed by atoms with Gasteiger partial charge in [-0.25, -0.2) is 0 Å². The zero-order valence-corrected chi connectivity index (χ0v) is 17.0. The van der Waals surface area contributed by atoms with Gasteiger partial charge < -0.3 is 16.0 Å². The molecular weight excluding hydrogens is 362 g/mol. The molecule has 5 rings (SSSR count). The topological polar surface area (TPSA) is 70.2 Å². The van der Waals surface area contributed by atoms with Crippen molar-refractivity contribution in [2.24, 2.45) is 29.1 Å². The van der Waals surface area contributed by atoms with Crippen molar-refractivity contribution >= 4 is 24.2 Å². The van der Waals surface area contributed by atoms with Crippen molar-refractivity contribution in [2.75, 3.05) is 13.1 Å². The summed E-state index contributed by atoms with van der Waals surface area (Å²) < 4.78 is 0. The lowest BCUT2D eigenvalue weighted by atomic mass is 9.81. The third-order valence-electron chi connectivity index (χ3n) is 7.37. The molecule has 5 nitrogen and oxygen atoms in total. The Morgan fingerprint density at radius 3 is 1.74 bits per heavy atom. The Hall–Kier alpha value is -0.810. The van der Waals surface area contributed by atoms with Gasteiger partial charge in [-0.2, -0.15) is 0 Å². The molecule has 1 unspecified atom stereocenters. The standard InChI is InChI=1S/C21H33N3O2.ClH/c25-17(23-18(13-1-2-13)14-3-4-14)11-21(9-10-22-12-21)20(26)24-19(15-5-6-15)16-7-8-16;/h13-16,18-19,22H,1-12H2,(H,23,25)(H,24,26);1H. The van der Waals surface area contributed by atoms with Crippen molar-refractivity contribution < 1.29 is 9.59 Å². The summed E-state index contributed by atoms with van der Waals surface area (Å²) in [5, 5.41) is 10.1. The first-order chi connectivity index (χ1) is 12.6. The van der Waals surface area contributed by atoms with E-state index >= 15 is 0 Å². The first-order valence-electron chi connectivity index (χ1n) is 11.0. The highest BCUT2D eigenvalue weighted by atomic mass is 35.5. The summed E-state index contributed by atoms with van der Waals surface area (Å²) in [4.78, 5) is 26.1. The van der Waals surface area contributed by atoms with Gasteiger partial charge in [0.15, 0.2) is 0 Å². The van der Waals surface area contributed by atoms with Crippen molar-refractivity contribution in [1.82, 2.24) is 16.0 Å². The third kappa shape index (κ3) is 4.45. The maximum Gasteiger partial charge on any atom is 0.228 e. The average molecular weight is 396 g/mol. The SMILES string of the molecule is Cl.O=C(CC1(C(=O)NC(C2CC2)C2CC2)CCNC1)NC(C1CC1)C1CC1. The van der Waals surface area contributed by atoms with Crippen molar-refractivity contribution in [3.8, 4) is 0 Å². The first-order valence-corrected chi connectivity index (χ1v) is 11.0. The van der Waals surface area contributed by atoms with E-state index in [1.54, 1.807) is 0 Å². The van der Waals surface area contributed by atoms with Gasteiger partial charge in [-0.3, -0.25) is 9.59 Å². The first kappa shape index (κ1) is 19.5. The van der Waals surface area contributed by atoms with E-state index in [-0.39, 0.29) is 24.2 Å². The summed E-state index contributed by atoms with van der Waals surface area (Å²) in [7, 11) is 0. The second-order valence-electron chi connectivity index (χ2n) is 9.83. The highest BCUT2D eigenvalue weighted by Gasteiger charge is 2.49. The van der Waals surface area contributed by atoms with Crippen LogP contribution in [-0.4, -0.2) is 37.0 Å². The van der Waals surface area contributed by atoms with E-state index < -0.39 is 5.41 Å². The van der Waals surface area contributed by atoms with Crippen molar-refractivity contribution in [3.05, 3.63) is 0 Å². The maximum atomic E-state index is 13.2. The molecule has 0 bridgehead atoms. The number of hydrogen-bond acceptors (Lipinski definition) is 3. The lowest BCUT2D eigenvalue weighted by Gasteiger charge is -2.30. The van der Waals surface area contributed by atoms with Crippen LogP contribution < -0.4 is 16.0 Å². The Balaban J connectivity index is 0.00000180. The van der Waals surface area contributed by atoms with E-state index in [4.69, 9.17) is 0 Å². The van der Waals surface area contributed by atoms with Gasteiger partial charge in [-0.15, -0.1) is 12.4 Å². The van der Waals surface area contributed by atoms with Crippen LogP contribution in [0, 0.1) is 29.1 Å². The van der Waals surface area contributed by atoms with E-state index in [1.807, 2.05) is 0 Å². The van der Waals surface area contributed by atoms with Crippen LogP contribution >= 0.6 is 12.4 Å². The molecule has 1 atom stereocenters. The smallest absolute Gasteiger partial charge is 0.228 e. The molecule has 3 N–H and O–H groups in total. The van der Waals surface area contributed by atoms with Gasteiger partial charge in [0, 0.05) is 25.0 Å². The van der Waals surface area contributed by atoms with E-state index in [9.17, 15) is 9.59 Å². The minimum atomic E-state index is -0.538. The molecule has 1 saturated heterocycles. The highest BCUT2D eigenvalue weighted by Crippen LogP contribution is 2.46. The van der Waals surface area contributed by atoms with Crippen LogP contribution in [0.2, 0.25) is 0 Å². The average Bonchev–Trinajstić information content (AvgIpc) is 3.46. The second-order valence-corrected chi connectivity index (χ2v) is 9.83. The molecule has 5 fully saturated rings. The number of hydrogen-bond donors (Lipinski definition) is 3. The van der Waals surface area contributed by atoms with Crippen molar-refractivity contribution in [2.45, 2.75) is 76.3 Å². The fraction of sp³-hybridized carbons (Fsp3) is 0.905. The van der Waals surface area contributed by atoms with Gasteiger partial charge in [0.05, 0.1) is 5.41 Å². The van der Waals surface area contributed by atoms with Crippen LogP contribution in [0.5, 0.6) is 0 Å². The van der Waals surface area contributed by atoms with Crippen LogP contribution in [0.1, 0.15) is 64.2 Å². The van der Waals surface area contributed by atoms with Gasteiger partial charge in [-0.05, 0) is 88.0 Å². The maximum absolute atomic E-state index is 13.2. The number of amides is 2. The van der Waals surface area contributed by atoms with Crippen molar-refractivity contribution in [1.29, 1.82) is 0 Å². The van der Waals surface area contributed by atoms with E-state index in [1.165, 1.54) is 51.4 Å². The zero-order valence-electron chi connectivity index (χ0n) is 16.2. The Bertz CT molecular complexity index is 552. The summed E-state index contributed by atoms with van der Waals surface area (Å²) in [5.41, 5.74) is -0.538. The van der Waals surface area contributed by atoms with Crippen LogP contribution in [0.15, 0.2) is 0 Å². The van der Waals surface area contributed by atoms with Gasteiger partial charge in [-0.1, -0.05) is 0 Å². The van der Waals surface area contributed by atoms with E-state index in [0.717, 1.165) is 13.0 Å². The normalized spacial score (nSPS) is 30.3. The van der Waals surface area contributed by atoms with Gasteiger partial charge >= 0.3 is 0 Å². The lowest BCUT2D eigenvalue weighted by Crippen LogP contribution is -2.51. The van der Waals surface area contributed by atoms with E-state index in [2.05, 4.69) is 16.0 Å². The molecule has 0 radical (unpaired) electrons. The number of carbonyl (C=O) groups is 2. The predicted octanol–water partition coefficient (Wildman–Crippen LogP) is 2.39. The molecule has 4 saturated carbocycles. The molecule has 5 aliphatic rings. The molecule has 4 aliphatic carbocycles. The highest BCUT2D eigenvalue weighted by molar-refractivity contribution is 5.90. The second kappa shape index (κ2) is 7.55. The van der Waals surface area contributed by atoms with E-state index in [0.29, 0.717) is 48.7 Å². The summed E-state index contributed by atoms with van der Waals surface area (Å²) in [5.74, 6) is 3.03. The number of rotatable bonds is 9. The Labute approximate surface area is 168 Å². The molecule has 1 heterocycles. The van der Waals surface area contributed by atoms with Crippen LogP contribution in [-0.2, 0) is 9.59 Å². The molecule has 27 heavy (non-hydrogen) atoms. The lowest BCUT2D eigenvalue weighted by molar-refractivity contribution is -0.136. The molecule has 0 aromatic rings. The fourth-order valence-electron chi connectivity index (χ4n) is 5.08. The molecule has 0 aromatic heterocycles. The van der Waals surface area contributed by atoms with Crippen LogP contribution in [0.25, 0.3) is 0 Å². The van der Waals surface area contributed by atoms with Crippen molar-refractivity contribution in [3.63, 3.8) is 0 Å². The molecule has 152 valence electrons. The Kier molecular flexibility index (Phi) is 5.45. The minimum Gasteiger partial charge on any atom is -0.353 e. The summed E-state index contributed by atoms with van der Waals surface area (Å²) in [6.45, 7) is 1.48. The quantitative estimate of drug-likeness (QED) is 0.561. The molecular formula is C21H34ClN3O2. The number of nitrogens with one attached hydrogen (secondary N) is 3. The third-order valence-corrected chi connectivity index (χ3v) is 7.37. The summed E-state index contributed by atoms with van der Waals surface area (Å²) in [6, 6.07) is 0.747. The summed E-state index contributed by atoms with van der Waals surface area (Å²) >= 11 is 0. The number of carbonyl (C=O) groups excluding carboxylic acids is 2. The summed E-state index contributed by atoms with van der Waals surface area (Å²) in [6.07, 6.45) is 11.2. The molecule has 0 spiro atoms. The molecule has 6 heteroatoms. The Morgan fingerprint density at radius 1 is 0.852 bits per heavy atom. The predicted molar refractivity (Wildman–Crippen MR) is 107 cm³/mol. The Morgan fingerprint density at radius 2 is 1.33 bits per heavy atom. The number of halogens is 1. The fourth-order valence-corrected chi connectivity index (χ4v) is 5.08. The van der Waals surface area contributed by atoms with Gasteiger partial charge in [0.1, 0.15) is 0 Å². The monoisotopic (exact) mass is 395 g/mol. The van der Waals surface area contributed by atoms with Crippen LogP contribution in [0.3, 0.4) is 0 Å². The molecule has 0 aromatic carbocycles. The van der Waals surface area contributed by atoms with Gasteiger partial charge in [0.25, 0.3) is 0 Å². The molecule has 2 amide bonds. The largest absolute Gasteiger partial charge is 0.353 e. The minimum absolute atomic E-state index is 0. The zero-order chi connectivity index (χ0) is 17.7. The molecule has 1 aliphatic heterocycles. The van der Waals surface area contributed by atoms with Crippen LogP contribution in [0.4, 0.5) is 0 Å².